The number of benzene rings is 1. The molecule has 1 aromatic carbocycles. The van der Waals surface area contributed by atoms with E-state index < -0.39 is 10.0 Å². The SMILES string of the molecule is C[C@@H]1CCCN(CC(=O)N2CCN(S(=O)(=O)c3ccccc3C#N)CC2)C1. The largest absolute Gasteiger partial charge is 0.339 e. The Hall–Kier alpha value is -1.95. The quantitative estimate of drug-likeness (QED) is 0.769. The second kappa shape index (κ2) is 8.38. The van der Waals surface area contributed by atoms with Gasteiger partial charge >= 0.3 is 0 Å². The van der Waals surface area contributed by atoms with Gasteiger partial charge < -0.3 is 4.90 Å². The number of carbonyl (C=O) groups excluding carboxylic acids is 1. The molecule has 27 heavy (non-hydrogen) atoms. The zero-order valence-electron chi connectivity index (χ0n) is 15.7. The molecule has 8 heteroatoms. The predicted octanol–water partition coefficient (Wildman–Crippen LogP) is 1.12. The van der Waals surface area contributed by atoms with Crippen molar-refractivity contribution in [2.75, 3.05) is 45.8 Å². The Morgan fingerprint density at radius 2 is 1.89 bits per heavy atom. The lowest BCUT2D eigenvalue weighted by atomic mass is 10.0. The van der Waals surface area contributed by atoms with E-state index in [-0.39, 0.29) is 29.5 Å². The number of sulfonamides is 1. The van der Waals surface area contributed by atoms with Gasteiger partial charge in [0.2, 0.25) is 15.9 Å². The molecule has 0 aromatic heterocycles. The van der Waals surface area contributed by atoms with Gasteiger partial charge in [0.25, 0.3) is 0 Å². The van der Waals surface area contributed by atoms with Gasteiger partial charge in [-0.15, -0.1) is 0 Å². The summed E-state index contributed by atoms with van der Waals surface area (Å²) in [4.78, 5) is 16.6. The maximum absolute atomic E-state index is 12.9. The van der Waals surface area contributed by atoms with Crippen LogP contribution in [0.2, 0.25) is 0 Å². The van der Waals surface area contributed by atoms with Crippen molar-refractivity contribution in [2.24, 2.45) is 5.92 Å². The fourth-order valence-electron chi connectivity index (χ4n) is 3.82. The van der Waals surface area contributed by atoms with Gasteiger partial charge in [-0.2, -0.15) is 9.57 Å². The normalized spacial score (nSPS) is 22.4. The van der Waals surface area contributed by atoms with Crippen molar-refractivity contribution in [2.45, 2.75) is 24.7 Å². The van der Waals surface area contributed by atoms with Crippen LogP contribution in [0.4, 0.5) is 0 Å². The van der Waals surface area contributed by atoms with Gasteiger partial charge in [-0.3, -0.25) is 9.69 Å². The third-order valence-electron chi connectivity index (χ3n) is 5.32. The highest BCUT2D eigenvalue weighted by atomic mass is 32.2. The highest BCUT2D eigenvalue weighted by molar-refractivity contribution is 7.89. The first kappa shape index (κ1) is 19.8. The minimum Gasteiger partial charge on any atom is -0.339 e. The maximum Gasteiger partial charge on any atom is 0.244 e. The summed E-state index contributed by atoms with van der Waals surface area (Å²) in [7, 11) is -3.73. The third-order valence-corrected chi connectivity index (χ3v) is 7.27. The smallest absolute Gasteiger partial charge is 0.244 e. The first-order valence-electron chi connectivity index (χ1n) is 9.41. The molecule has 3 rings (SSSR count). The molecule has 2 aliphatic rings. The van der Waals surface area contributed by atoms with Crippen molar-refractivity contribution < 1.29 is 13.2 Å². The fourth-order valence-corrected chi connectivity index (χ4v) is 5.39. The molecule has 0 spiro atoms. The highest BCUT2D eigenvalue weighted by Crippen LogP contribution is 2.21. The van der Waals surface area contributed by atoms with Gasteiger partial charge in [-0.05, 0) is 37.4 Å². The van der Waals surface area contributed by atoms with Crippen molar-refractivity contribution in [1.82, 2.24) is 14.1 Å². The summed E-state index contributed by atoms with van der Waals surface area (Å²) >= 11 is 0. The Labute approximate surface area is 161 Å². The second-order valence-corrected chi connectivity index (χ2v) is 9.28. The van der Waals surface area contributed by atoms with E-state index in [1.807, 2.05) is 6.07 Å². The number of piperidine rings is 1. The van der Waals surface area contributed by atoms with Crippen molar-refractivity contribution in [3.05, 3.63) is 29.8 Å². The molecule has 1 aromatic rings. The number of hydrogen-bond acceptors (Lipinski definition) is 5. The number of amides is 1. The van der Waals surface area contributed by atoms with Gasteiger partial charge in [0.15, 0.2) is 0 Å². The Kier molecular flexibility index (Phi) is 6.15. The van der Waals surface area contributed by atoms with Gasteiger partial charge in [-0.25, -0.2) is 8.42 Å². The van der Waals surface area contributed by atoms with E-state index in [1.165, 1.54) is 22.9 Å². The third kappa shape index (κ3) is 4.49. The van der Waals surface area contributed by atoms with Gasteiger partial charge in [0, 0.05) is 32.7 Å². The van der Waals surface area contributed by atoms with E-state index in [9.17, 15) is 18.5 Å². The second-order valence-electron chi connectivity index (χ2n) is 7.38. The van der Waals surface area contributed by atoms with Gasteiger partial charge in [0.05, 0.1) is 17.0 Å². The van der Waals surface area contributed by atoms with Crippen LogP contribution < -0.4 is 0 Å². The lowest BCUT2D eigenvalue weighted by Gasteiger charge is -2.36. The zero-order valence-corrected chi connectivity index (χ0v) is 16.5. The van der Waals surface area contributed by atoms with E-state index in [1.54, 1.807) is 17.0 Å². The Morgan fingerprint density at radius 1 is 1.19 bits per heavy atom. The topological polar surface area (TPSA) is 84.7 Å². The van der Waals surface area contributed by atoms with E-state index in [0.717, 1.165) is 19.5 Å². The molecule has 0 N–H and O–H groups in total. The average Bonchev–Trinajstić information content (AvgIpc) is 2.68. The van der Waals surface area contributed by atoms with E-state index >= 15 is 0 Å². The van der Waals surface area contributed by atoms with Gasteiger partial charge in [0.1, 0.15) is 6.07 Å². The molecule has 2 saturated heterocycles. The molecule has 2 fully saturated rings. The highest BCUT2D eigenvalue weighted by Gasteiger charge is 2.32. The van der Waals surface area contributed by atoms with Crippen LogP contribution >= 0.6 is 0 Å². The molecule has 0 saturated carbocycles. The number of likely N-dealkylation sites (tertiary alicyclic amines) is 1. The molecule has 1 amide bonds. The van der Waals surface area contributed by atoms with Crippen molar-refractivity contribution in [3.8, 4) is 6.07 Å². The minimum atomic E-state index is -3.73. The van der Waals surface area contributed by atoms with Crippen molar-refractivity contribution >= 4 is 15.9 Å². The molecule has 1 atom stereocenters. The summed E-state index contributed by atoms with van der Waals surface area (Å²) in [5, 5.41) is 9.18. The summed E-state index contributed by atoms with van der Waals surface area (Å²) in [5.74, 6) is 0.687. The molecular weight excluding hydrogens is 364 g/mol. The molecule has 2 heterocycles. The van der Waals surface area contributed by atoms with Gasteiger partial charge in [-0.1, -0.05) is 19.1 Å². The number of rotatable bonds is 4. The van der Waals surface area contributed by atoms with Crippen LogP contribution in [-0.2, 0) is 14.8 Å². The van der Waals surface area contributed by atoms with Crippen molar-refractivity contribution in [3.63, 3.8) is 0 Å². The summed E-state index contributed by atoms with van der Waals surface area (Å²) in [6, 6.07) is 8.17. The van der Waals surface area contributed by atoms with Crippen LogP contribution in [0.5, 0.6) is 0 Å². The van der Waals surface area contributed by atoms with Crippen molar-refractivity contribution in [1.29, 1.82) is 5.26 Å². The summed E-state index contributed by atoms with van der Waals surface area (Å²) < 4.78 is 27.1. The Bertz CT molecular complexity index is 826. The minimum absolute atomic E-state index is 0.0366. The van der Waals surface area contributed by atoms with Crippen LogP contribution in [0.15, 0.2) is 29.2 Å². The van der Waals surface area contributed by atoms with Crippen LogP contribution in [0.1, 0.15) is 25.3 Å². The molecule has 0 aliphatic carbocycles. The molecule has 0 radical (unpaired) electrons. The Balaban J connectivity index is 1.60. The van der Waals surface area contributed by atoms with Crippen LogP contribution in [0.25, 0.3) is 0 Å². The van der Waals surface area contributed by atoms with E-state index in [4.69, 9.17) is 0 Å². The molecular formula is C19H26N4O3S. The number of piperazine rings is 1. The zero-order chi connectivity index (χ0) is 19.4. The lowest BCUT2D eigenvalue weighted by molar-refractivity contribution is -0.134. The fraction of sp³-hybridized carbons (Fsp3) is 0.579. The van der Waals surface area contributed by atoms with E-state index in [2.05, 4.69) is 11.8 Å². The Morgan fingerprint density at radius 3 is 2.56 bits per heavy atom. The predicted molar refractivity (Wildman–Crippen MR) is 101 cm³/mol. The summed E-state index contributed by atoms with van der Waals surface area (Å²) in [6.07, 6.45) is 2.34. The number of hydrogen-bond donors (Lipinski definition) is 0. The molecule has 7 nitrogen and oxygen atoms in total. The maximum atomic E-state index is 12.9. The number of nitriles is 1. The monoisotopic (exact) mass is 390 g/mol. The molecule has 0 unspecified atom stereocenters. The molecule has 146 valence electrons. The lowest BCUT2D eigenvalue weighted by Crippen LogP contribution is -2.53. The summed E-state index contributed by atoms with van der Waals surface area (Å²) in [5.41, 5.74) is 0.148. The average molecular weight is 391 g/mol. The number of nitrogens with zero attached hydrogens (tertiary/aromatic N) is 4. The number of carbonyl (C=O) groups is 1. The first-order chi connectivity index (χ1) is 12.9. The molecule has 0 bridgehead atoms. The standard InChI is InChI=1S/C19H26N4O3S/c1-16-5-4-8-21(14-16)15-19(24)22-9-11-23(12-10-22)27(25,26)18-7-3-2-6-17(18)13-20/h2-3,6-7,16H,4-5,8-12,14-15H2,1H3/t16-/m1/s1. The van der Waals surface area contributed by atoms with E-state index in [0.29, 0.717) is 25.6 Å². The van der Waals surface area contributed by atoms with Crippen LogP contribution in [0.3, 0.4) is 0 Å². The summed E-state index contributed by atoms with van der Waals surface area (Å²) in [6.45, 7) is 5.80. The molecule has 2 aliphatic heterocycles. The van der Waals surface area contributed by atoms with Crippen LogP contribution in [0, 0.1) is 17.2 Å². The van der Waals surface area contributed by atoms with Crippen LogP contribution in [-0.4, -0.2) is 74.2 Å². The first-order valence-corrected chi connectivity index (χ1v) is 10.8.